The normalized spacial score (nSPS) is 12.2. The van der Waals surface area contributed by atoms with Crippen LogP contribution in [0.5, 0.6) is 17.2 Å². The summed E-state index contributed by atoms with van der Waals surface area (Å²) in [7, 11) is 0. The zero-order chi connectivity index (χ0) is 20.8. The monoisotopic (exact) mass is 419 g/mol. The lowest BCUT2D eigenvalue weighted by Crippen LogP contribution is -2.18. The van der Waals surface area contributed by atoms with E-state index in [2.05, 4.69) is 10.5 Å². The molecule has 0 spiro atoms. The second-order valence-corrected chi connectivity index (χ2v) is 6.61. The summed E-state index contributed by atoms with van der Waals surface area (Å²) in [4.78, 5) is 22.5. The molecule has 1 N–H and O–H groups in total. The smallest absolute Gasteiger partial charge is 0.282 e. The van der Waals surface area contributed by atoms with E-state index in [1.807, 2.05) is 6.92 Å². The molecule has 10 heteroatoms. The van der Waals surface area contributed by atoms with Crippen LogP contribution in [0.4, 0.5) is 5.69 Å². The number of hydrazone groups is 1. The fourth-order valence-corrected chi connectivity index (χ4v) is 2.85. The molecule has 0 atom stereocenters. The van der Waals surface area contributed by atoms with E-state index in [-0.39, 0.29) is 30.4 Å². The lowest BCUT2D eigenvalue weighted by atomic mass is 10.1. The van der Waals surface area contributed by atoms with E-state index < -0.39 is 4.92 Å². The number of amides is 1. The molecule has 1 amide bonds. The van der Waals surface area contributed by atoms with Crippen molar-refractivity contribution in [3.8, 4) is 17.2 Å². The van der Waals surface area contributed by atoms with Crippen LogP contribution in [0.3, 0.4) is 0 Å². The third kappa shape index (κ3) is 5.35. The van der Waals surface area contributed by atoms with Crippen molar-refractivity contribution in [3.05, 3.63) is 56.6 Å². The number of fused-ring (bicyclic) bond motifs is 1. The number of aryl methyl sites for hydroxylation is 1. The first-order valence-corrected chi connectivity index (χ1v) is 9.10. The summed E-state index contributed by atoms with van der Waals surface area (Å²) in [6.07, 6.45) is 1.87. The summed E-state index contributed by atoms with van der Waals surface area (Å²) in [6, 6.07) is 8.02. The zero-order valence-electron chi connectivity index (χ0n) is 15.5. The van der Waals surface area contributed by atoms with Gasteiger partial charge in [-0.3, -0.25) is 14.9 Å². The van der Waals surface area contributed by atoms with Crippen LogP contribution in [0.25, 0.3) is 0 Å². The Balaban J connectivity index is 1.48. The highest BCUT2D eigenvalue weighted by Gasteiger charge is 2.22. The molecule has 1 aliphatic rings. The van der Waals surface area contributed by atoms with Gasteiger partial charge in [0.05, 0.1) is 29.4 Å². The minimum atomic E-state index is -0.554. The van der Waals surface area contributed by atoms with Crippen LogP contribution < -0.4 is 19.6 Å². The SMILES string of the molecule is Cc1cc(Cl)ccc1OCCCC(=O)NN=Cc1cc2c(cc1[N+](=O)[O-])OCO2. The van der Waals surface area contributed by atoms with Gasteiger partial charge in [-0.15, -0.1) is 0 Å². The van der Waals surface area contributed by atoms with Gasteiger partial charge < -0.3 is 14.2 Å². The Bertz CT molecular complexity index is 963. The number of nitro benzene ring substituents is 1. The molecular formula is C19H18ClN3O6. The summed E-state index contributed by atoms with van der Waals surface area (Å²) in [5, 5.41) is 15.6. The molecular weight excluding hydrogens is 402 g/mol. The Morgan fingerprint density at radius 3 is 2.83 bits per heavy atom. The Labute approximate surface area is 171 Å². The van der Waals surface area contributed by atoms with E-state index in [4.69, 9.17) is 25.8 Å². The highest BCUT2D eigenvalue weighted by molar-refractivity contribution is 6.30. The zero-order valence-corrected chi connectivity index (χ0v) is 16.3. The van der Waals surface area contributed by atoms with Gasteiger partial charge in [0.2, 0.25) is 12.7 Å². The van der Waals surface area contributed by atoms with Crippen molar-refractivity contribution in [2.45, 2.75) is 19.8 Å². The molecule has 9 nitrogen and oxygen atoms in total. The minimum absolute atomic E-state index is 0.00142. The molecule has 152 valence electrons. The third-order valence-electron chi connectivity index (χ3n) is 4.05. The van der Waals surface area contributed by atoms with Gasteiger partial charge in [0.25, 0.3) is 5.69 Å². The second kappa shape index (κ2) is 9.24. The molecule has 2 aromatic rings. The lowest BCUT2D eigenvalue weighted by Gasteiger charge is -2.08. The molecule has 0 fully saturated rings. The van der Waals surface area contributed by atoms with Crippen molar-refractivity contribution in [3.63, 3.8) is 0 Å². The first-order chi connectivity index (χ1) is 13.9. The third-order valence-corrected chi connectivity index (χ3v) is 4.29. The van der Waals surface area contributed by atoms with Crippen LogP contribution in [0.2, 0.25) is 5.02 Å². The molecule has 2 aromatic carbocycles. The number of ether oxygens (including phenoxy) is 3. The first-order valence-electron chi connectivity index (χ1n) is 8.73. The topological polar surface area (TPSA) is 112 Å². The van der Waals surface area contributed by atoms with Crippen LogP contribution >= 0.6 is 11.6 Å². The van der Waals surface area contributed by atoms with E-state index in [0.29, 0.717) is 35.3 Å². The molecule has 0 aromatic heterocycles. The molecule has 0 unspecified atom stereocenters. The summed E-state index contributed by atoms with van der Waals surface area (Å²) < 4.78 is 16.0. The van der Waals surface area contributed by atoms with Crippen LogP contribution in [-0.2, 0) is 4.79 Å². The van der Waals surface area contributed by atoms with Crippen molar-refractivity contribution in [1.82, 2.24) is 5.43 Å². The number of hydrogen-bond acceptors (Lipinski definition) is 7. The number of rotatable bonds is 8. The Morgan fingerprint density at radius 1 is 1.34 bits per heavy atom. The van der Waals surface area contributed by atoms with Gasteiger partial charge in [0.1, 0.15) is 5.75 Å². The van der Waals surface area contributed by atoms with Gasteiger partial charge in [-0.05, 0) is 43.2 Å². The predicted octanol–water partition coefficient (Wildman–Crippen LogP) is 3.59. The van der Waals surface area contributed by atoms with E-state index in [1.54, 1.807) is 18.2 Å². The van der Waals surface area contributed by atoms with Crippen LogP contribution in [0.15, 0.2) is 35.4 Å². The lowest BCUT2D eigenvalue weighted by molar-refractivity contribution is -0.385. The molecule has 0 bridgehead atoms. The van der Waals surface area contributed by atoms with Crippen molar-refractivity contribution in [2.24, 2.45) is 5.10 Å². The van der Waals surface area contributed by atoms with E-state index in [9.17, 15) is 14.9 Å². The van der Waals surface area contributed by atoms with E-state index >= 15 is 0 Å². The van der Waals surface area contributed by atoms with Gasteiger partial charge in [-0.2, -0.15) is 5.10 Å². The number of carbonyl (C=O) groups excluding carboxylic acids is 1. The molecule has 0 radical (unpaired) electrons. The predicted molar refractivity (Wildman–Crippen MR) is 106 cm³/mol. The fourth-order valence-electron chi connectivity index (χ4n) is 2.63. The largest absolute Gasteiger partial charge is 0.493 e. The standard InChI is InChI=1S/C19H18ClN3O6/c1-12-7-14(20)4-5-16(12)27-6-2-3-19(24)22-21-10-13-8-17-18(29-11-28-17)9-15(13)23(25)26/h4-5,7-10H,2-3,6,11H2,1H3,(H,22,24). The van der Waals surface area contributed by atoms with Crippen molar-refractivity contribution in [1.29, 1.82) is 0 Å². The number of nitrogens with zero attached hydrogens (tertiary/aromatic N) is 2. The Kier molecular flexibility index (Phi) is 6.50. The number of nitro groups is 1. The number of halogens is 1. The molecule has 0 aliphatic carbocycles. The van der Waals surface area contributed by atoms with Crippen LogP contribution in [0.1, 0.15) is 24.0 Å². The van der Waals surface area contributed by atoms with Crippen molar-refractivity contribution >= 4 is 29.4 Å². The van der Waals surface area contributed by atoms with Crippen LogP contribution in [0, 0.1) is 17.0 Å². The summed E-state index contributed by atoms with van der Waals surface area (Å²) in [6.45, 7) is 2.24. The number of hydrogen-bond donors (Lipinski definition) is 1. The Morgan fingerprint density at radius 2 is 2.10 bits per heavy atom. The first kappa shape index (κ1) is 20.4. The summed E-state index contributed by atoms with van der Waals surface area (Å²) >= 11 is 5.89. The molecule has 3 rings (SSSR count). The highest BCUT2D eigenvalue weighted by Crippen LogP contribution is 2.37. The van der Waals surface area contributed by atoms with Crippen molar-refractivity contribution < 1.29 is 23.9 Å². The molecule has 29 heavy (non-hydrogen) atoms. The van der Waals surface area contributed by atoms with Gasteiger partial charge >= 0.3 is 0 Å². The minimum Gasteiger partial charge on any atom is -0.493 e. The summed E-state index contributed by atoms with van der Waals surface area (Å²) in [5.74, 6) is 1.07. The molecule has 0 saturated carbocycles. The maximum atomic E-state index is 11.9. The highest BCUT2D eigenvalue weighted by atomic mass is 35.5. The number of benzene rings is 2. The van der Waals surface area contributed by atoms with Gasteiger partial charge in [0.15, 0.2) is 11.5 Å². The average molecular weight is 420 g/mol. The summed E-state index contributed by atoms with van der Waals surface area (Å²) in [5.41, 5.74) is 3.26. The van der Waals surface area contributed by atoms with E-state index in [1.165, 1.54) is 18.3 Å². The van der Waals surface area contributed by atoms with Gasteiger partial charge in [-0.25, -0.2) is 5.43 Å². The number of carbonyl (C=O) groups is 1. The Hall–Kier alpha value is -3.33. The van der Waals surface area contributed by atoms with E-state index in [0.717, 1.165) is 5.56 Å². The molecule has 0 saturated heterocycles. The molecule has 1 aliphatic heterocycles. The maximum absolute atomic E-state index is 11.9. The van der Waals surface area contributed by atoms with Gasteiger partial charge in [-0.1, -0.05) is 11.6 Å². The number of nitrogens with one attached hydrogen (secondary N) is 1. The average Bonchev–Trinajstić information content (AvgIpc) is 3.13. The fraction of sp³-hybridized carbons (Fsp3) is 0.263. The van der Waals surface area contributed by atoms with Crippen molar-refractivity contribution in [2.75, 3.05) is 13.4 Å². The second-order valence-electron chi connectivity index (χ2n) is 6.18. The van der Waals surface area contributed by atoms with Crippen LogP contribution in [-0.4, -0.2) is 30.4 Å². The molecule has 1 heterocycles. The quantitative estimate of drug-likeness (QED) is 0.303. The maximum Gasteiger partial charge on any atom is 0.282 e. The van der Waals surface area contributed by atoms with Gasteiger partial charge in [0, 0.05) is 11.4 Å².